The first-order valence-electron chi connectivity index (χ1n) is 7.51. The highest BCUT2D eigenvalue weighted by atomic mass is 35.6. The van der Waals surface area contributed by atoms with Gasteiger partial charge in [-0.2, -0.15) is 0 Å². The molecular formula is C16H13Cl3F5NO3S. The van der Waals surface area contributed by atoms with Gasteiger partial charge in [0.25, 0.3) is 0 Å². The average molecular weight is 501 g/mol. The average Bonchev–Trinajstić information content (AvgIpc) is 2.57. The topological polar surface area (TPSA) is 47.6 Å². The van der Waals surface area contributed by atoms with Crippen LogP contribution in [0.25, 0.3) is 11.1 Å². The number of benzene rings is 2. The molecule has 0 spiro atoms. The molecule has 0 heterocycles. The van der Waals surface area contributed by atoms with Gasteiger partial charge < -0.3 is 9.47 Å². The first-order chi connectivity index (χ1) is 13.0. The summed E-state index contributed by atoms with van der Waals surface area (Å²) in [5.41, 5.74) is -0.240. The number of ether oxygens (including phenoxy) is 2. The molecule has 0 aromatic heterocycles. The van der Waals surface area contributed by atoms with Gasteiger partial charge in [-0.25, -0.2) is 4.79 Å². The maximum Gasteiger partial charge on any atom is 0.411 e. The van der Waals surface area contributed by atoms with Crippen molar-refractivity contribution in [3.8, 4) is 16.9 Å². The van der Waals surface area contributed by atoms with Crippen molar-refractivity contribution in [3.63, 3.8) is 0 Å². The van der Waals surface area contributed by atoms with Gasteiger partial charge in [0.2, 0.25) is 3.79 Å². The molecule has 1 amide bonds. The molecule has 0 unspecified atom stereocenters. The summed E-state index contributed by atoms with van der Waals surface area (Å²) in [7, 11) is -8.59. The van der Waals surface area contributed by atoms with E-state index < -0.39 is 37.3 Å². The van der Waals surface area contributed by atoms with Crippen molar-refractivity contribution < 1.29 is 33.7 Å². The Labute approximate surface area is 177 Å². The highest BCUT2D eigenvalue weighted by Gasteiger charge is 2.65. The summed E-state index contributed by atoms with van der Waals surface area (Å²) in [6, 6.07) is 7.09. The molecule has 2 rings (SSSR count). The van der Waals surface area contributed by atoms with Crippen LogP contribution in [-0.4, -0.2) is 23.6 Å². The molecule has 2 aromatic carbocycles. The number of nitrogens with one attached hydrogen (secondary N) is 1. The van der Waals surface area contributed by atoms with Gasteiger partial charge in [0, 0.05) is 5.56 Å². The van der Waals surface area contributed by atoms with Crippen LogP contribution in [0.1, 0.15) is 0 Å². The predicted octanol–water partition coefficient (Wildman–Crippen LogP) is 7.94. The summed E-state index contributed by atoms with van der Waals surface area (Å²) in [5, 5.41) is 1.97. The summed E-state index contributed by atoms with van der Waals surface area (Å²) in [4.78, 5) is 9.69. The Kier molecular flexibility index (Phi) is 5.92. The monoisotopic (exact) mass is 499 g/mol. The molecule has 2 aromatic rings. The van der Waals surface area contributed by atoms with Crippen molar-refractivity contribution >= 4 is 56.8 Å². The number of alkyl halides is 3. The van der Waals surface area contributed by atoms with E-state index in [1.54, 1.807) is 0 Å². The molecule has 0 aliphatic rings. The number of methoxy groups -OCH3 is 1. The molecule has 0 aliphatic carbocycles. The van der Waals surface area contributed by atoms with Crippen LogP contribution in [0.5, 0.6) is 5.75 Å². The zero-order chi connectivity index (χ0) is 22.2. The van der Waals surface area contributed by atoms with Crippen molar-refractivity contribution in [2.45, 2.75) is 8.69 Å². The van der Waals surface area contributed by atoms with E-state index >= 15 is 0 Å². The third-order valence-electron chi connectivity index (χ3n) is 3.44. The number of carbonyl (C=O) groups is 1. The van der Waals surface area contributed by atoms with Gasteiger partial charge in [0.15, 0.2) is 0 Å². The number of anilines is 1. The van der Waals surface area contributed by atoms with Gasteiger partial charge >= 0.3 is 16.3 Å². The summed E-state index contributed by atoms with van der Waals surface area (Å²) in [5.74, 6) is 0.453. The third-order valence-corrected chi connectivity index (χ3v) is 4.91. The van der Waals surface area contributed by atoms with Gasteiger partial charge in [0.05, 0.1) is 12.8 Å². The number of rotatable bonds is 5. The highest BCUT2D eigenvalue weighted by Crippen LogP contribution is 3.02. The minimum Gasteiger partial charge on any atom is -0.497 e. The second kappa shape index (κ2) is 7.26. The van der Waals surface area contributed by atoms with Crippen molar-refractivity contribution in [2.75, 3.05) is 19.0 Å². The van der Waals surface area contributed by atoms with Crippen molar-refractivity contribution in [1.29, 1.82) is 0 Å². The van der Waals surface area contributed by atoms with Crippen LogP contribution in [0.4, 0.5) is 29.9 Å². The fourth-order valence-electron chi connectivity index (χ4n) is 2.18. The molecule has 0 aliphatic heterocycles. The van der Waals surface area contributed by atoms with E-state index in [1.807, 2.05) is 5.32 Å². The lowest BCUT2D eigenvalue weighted by atomic mass is 10.0. The largest absolute Gasteiger partial charge is 0.497 e. The summed E-state index contributed by atoms with van der Waals surface area (Å²) in [6.07, 6.45) is -1.30. The lowest BCUT2D eigenvalue weighted by Crippen LogP contribution is -2.21. The van der Waals surface area contributed by atoms with E-state index in [4.69, 9.17) is 39.5 Å². The molecule has 0 radical (unpaired) electrons. The highest BCUT2D eigenvalue weighted by molar-refractivity contribution is 8.45. The molecule has 29 heavy (non-hydrogen) atoms. The van der Waals surface area contributed by atoms with Crippen LogP contribution in [0, 0.1) is 0 Å². The zero-order valence-electron chi connectivity index (χ0n) is 14.4. The van der Waals surface area contributed by atoms with Crippen molar-refractivity contribution in [2.24, 2.45) is 0 Å². The summed E-state index contributed by atoms with van der Waals surface area (Å²) in [6.45, 7) is -0.720. The molecule has 0 fully saturated rings. The van der Waals surface area contributed by atoms with Crippen LogP contribution in [0.2, 0.25) is 0 Å². The van der Waals surface area contributed by atoms with Gasteiger partial charge in [-0.05, 0) is 29.8 Å². The van der Waals surface area contributed by atoms with Crippen molar-refractivity contribution in [3.05, 3.63) is 42.5 Å². The van der Waals surface area contributed by atoms with E-state index in [2.05, 4.69) is 4.74 Å². The summed E-state index contributed by atoms with van der Waals surface area (Å²) >= 11 is 16.3. The third kappa shape index (κ3) is 6.98. The predicted molar refractivity (Wildman–Crippen MR) is 105 cm³/mol. The number of halogens is 8. The van der Waals surface area contributed by atoms with E-state index in [0.29, 0.717) is 11.3 Å². The first kappa shape index (κ1) is 23.7. The second-order valence-electron chi connectivity index (χ2n) is 5.72. The fourth-order valence-corrected chi connectivity index (χ4v) is 3.01. The number of hydrogen-bond acceptors (Lipinski definition) is 3. The van der Waals surface area contributed by atoms with Crippen LogP contribution in [0.15, 0.2) is 47.4 Å². The van der Waals surface area contributed by atoms with Gasteiger partial charge in [0.1, 0.15) is 17.3 Å². The first-order valence-corrected chi connectivity index (χ1v) is 10.6. The van der Waals surface area contributed by atoms with Crippen LogP contribution < -0.4 is 10.1 Å². The Balaban J connectivity index is 2.48. The molecule has 13 heteroatoms. The van der Waals surface area contributed by atoms with Crippen LogP contribution in [0.3, 0.4) is 0 Å². The Morgan fingerprint density at radius 1 is 1.03 bits per heavy atom. The van der Waals surface area contributed by atoms with E-state index in [1.165, 1.54) is 31.4 Å². The standard InChI is InChI=1S/C16H13Cl3F5NO3S/c1-27-11-4-2-10(3-5-11)13-7-6-12(29(20,21,22,23)24)8-14(13)25-15(26)28-9-16(17,18)19/h2-8H,9H2,1H3,(H,25,26). The SMILES string of the molecule is COc1ccc(-c2ccc(S(F)(F)(F)(F)F)cc2NC(=O)OCC(Cl)(Cl)Cl)cc1. The van der Waals surface area contributed by atoms with Gasteiger partial charge in [-0.3, -0.25) is 5.32 Å². The van der Waals surface area contributed by atoms with Gasteiger partial charge in [-0.15, -0.1) is 0 Å². The number of carbonyl (C=O) groups excluding carboxylic acids is 1. The minimum absolute atomic E-state index is 0.0177. The zero-order valence-corrected chi connectivity index (χ0v) is 17.5. The summed E-state index contributed by atoms with van der Waals surface area (Å²) < 4.78 is 73.5. The lowest BCUT2D eigenvalue weighted by Gasteiger charge is -2.40. The maximum atomic E-state index is 13.2. The Hall–Kier alpha value is -1.62. The van der Waals surface area contributed by atoms with Gasteiger partial charge in [-0.1, -0.05) is 72.4 Å². The molecule has 0 bridgehead atoms. The van der Waals surface area contributed by atoms with Crippen LogP contribution >= 0.6 is 45.0 Å². The second-order valence-corrected chi connectivity index (χ2v) is 10.6. The lowest BCUT2D eigenvalue weighted by molar-refractivity contribution is 0.164. The smallest absolute Gasteiger partial charge is 0.411 e. The quantitative estimate of drug-likeness (QED) is 0.335. The minimum atomic E-state index is -10.00. The Morgan fingerprint density at radius 2 is 1.62 bits per heavy atom. The molecule has 4 nitrogen and oxygen atoms in total. The molecule has 0 atom stereocenters. The van der Waals surface area contributed by atoms with Crippen LogP contribution in [-0.2, 0) is 4.74 Å². The number of hydrogen-bond donors (Lipinski definition) is 1. The number of amides is 1. The molecule has 0 saturated carbocycles. The molecule has 162 valence electrons. The molecule has 1 N–H and O–H groups in total. The fraction of sp³-hybridized carbons (Fsp3) is 0.188. The van der Waals surface area contributed by atoms with E-state index in [9.17, 15) is 24.2 Å². The van der Waals surface area contributed by atoms with Crippen molar-refractivity contribution in [1.82, 2.24) is 0 Å². The maximum absolute atomic E-state index is 13.2. The normalized spacial score (nSPS) is 14.5. The van der Waals surface area contributed by atoms with E-state index in [-0.39, 0.29) is 17.7 Å². The van der Waals surface area contributed by atoms with E-state index in [0.717, 1.165) is 6.07 Å². The molecular weight excluding hydrogens is 488 g/mol. The molecule has 0 saturated heterocycles. The Morgan fingerprint density at radius 3 is 2.10 bits per heavy atom. The Bertz CT molecular complexity index is 919.